The number of para-hydroxylation sites is 1. The second kappa shape index (κ2) is 9.39. The normalized spacial score (nSPS) is 15.4. The molecule has 7 nitrogen and oxygen atoms in total. The molecule has 0 radical (unpaired) electrons. The Morgan fingerprint density at radius 2 is 1.62 bits per heavy atom. The van der Waals surface area contributed by atoms with Gasteiger partial charge < -0.3 is 14.4 Å². The molecule has 0 bridgehead atoms. The third kappa shape index (κ3) is 4.01. The van der Waals surface area contributed by atoms with E-state index in [0.29, 0.717) is 23.9 Å². The molecule has 0 spiro atoms. The molecule has 7 heteroatoms. The van der Waals surface area contributed by atoms with Crippen LogP contribution in [-0.2, 0) is 0 Å². The number of aromatic nitrogens is 3. The molecule has 0 N–H and O–H groups in total. The van der Waals surface area contributed by atoms with Gasteiger partial charge in [0, 0.05) is 12.1 Å². The van der Waals surface area contributed by atoms with Crippen LogP contribution in [0.2, 0.25) is 0 Å². The minimum Gasteiger partial charge on any atom is -0.493 e. The highest BCUT2D eigenvalue weighted by atomic mass is 16.5. The van der Waals surface area contributed by atoms with Crippen LogP contribution < -0.4 is 9.47 Å². The van der Waals surface area contributed by atoms with Crippen molar-refractivity contribution in [3.63, 3.8) is 0 Å². The number of benzene rings is 3. The van der Waals surface area contributed by atoms with Gasteiger partial charge in [0.25, 0.3) is 5.91 Å². The number of rotatable bonds is 6. The van der Waals surface area contributed by atoms with Crippen molar-refractivity contribution in [2.75, 3.05) is 20.8 Å². The monoisotopic (exact) mass is 454 g/mol. The van der Waals surface area contributed by atoms with E-state index < -0.39 is 0 Å². The fraction of sp³-hybridized carbons (Fsp3) is 0.222. The van der Waals surface area contributed by atoms with Crippen molar-refractivity contribution in [1.29, 1.82) is 0 Å². The summed E-state index contributed by atoms with van der Waals surface area (Å²) in [4.78, 5) is 20.2. The minimum absolute atomic E-state index is 0.0730. The highest BCUT2D eigenvalue weighted by Crippen LogP contribution is 2.37. The molecule has 1 fully saturated rings. The van der Waals surface area contributed by atoms with Gasteiger partial charge >= 0.3 is 0 Å². The lowest BCUT2D eigenvalue weighted by atomic mass is 10.0. The summed E-state index contributed by atoms with van der Waals surface area (Å²) in [5.41, 5.74) is 2.76. The van der Waals surface area contributed by atoms with Crippen LogP contribution in [0.3, 0.4) is 0 Å². The number of nitrogens with zero attached hydrogens (tertiary/aromatic N) is 4. The summed E-state index contributed by atoms with van der Waals surface area (Å²) in [7, 11) is 3.23. The third-order valence-corrected chi connectivity index (χ3v) is 6.14. The summed E-state index contributed by atoms with van der Waals surface area (Å²) < 4.78 is 12.6. The van der Waals surface area contributed by atoms with Crippen LogP contribution >= 0.6 is 0 Å². The van der Waals surface area contributed by atoms with Gasteiger partial charge in [-0.05, 0) is 42.7 Å². The summed E-state index contributed by atoms with van der Waals surface area (Å²) in [5.74, 6) is 1.96. The summed E-state index contributed by atoms with van der Waals surface area (Å²) in [5, 5.41) is 4.66. The summed E-state index contributed by atoms with van der Waals surface area (Å²) in [6.07, 6.45) is 1.78. The van der Waals surface area contributed by atoms with Crippen LogP contribution in [0, 0.1) is 0 Å². The molecule has 1 aliphatic heterocycles. The van der Waals surface area contributed by atoms with Crippen LogP contribution in [0.15, 0.2) is 78.9 Å². The largest absolute Gasteiger partial charge is 0.493 e. The second-order valence-corrected chi connectivity index (χ2v) is 8.14. The van der Waals surface area contributed by atoms with Crippen LogP contribution in [0.25, 0.3) is 17.1 Å². The average Bonchev–Trinajstić information content (AvgIpc) is 3.57. The maximum Gasteiger partial charge on any atom is 0.294 e. The molecule has 3 aromatic carbocycles. The van der Waals surface area contributed by atoms with Crippen molar-refractivity contribution >= 4 is 5.91 Å². The Morgan fingerprint density at radius 1 is 0.912 bits per heavy atom. The zero-order valence-corrected chi connectivity index (χ0v) is 19.2. The number of hydrogen-bond acceptors (Lipinski definition) is 5. The minimum atomic E-state index is -0.177. The predicted octanol–water partition coefficient (Wildman–Crippen LogP) is 4.93. The maximum absolute atomic E-state index is 13.7. The average molecular weight is 455 g/mol. The zero-order chi connectivity index (χ0) is 23.5. The molecule has 1 unspecified atom stereocenters. The van der Waals surface area contributed by atoms with E-state index in [1.807, 2.05) is 83.8 Å². The third-order valence-electron chi connectivity index (χ3n) is 6.14. The van der Waals surface area contributed by atoms with Crippen molar-refractivity contribution in [2.24, 2.45) is 0 Å². The van der Waals surface area contributed by atoms with Gasteiger partial charge in [-0.25, -0.2) is 9.67 Å². The molecular weight excluding hydrogens is 428 g/mol. The fourth-order valence-corrected chi connectivity index (χ4v) is 4.47. The van der Waals surface area contributed by atoms with Gasteiger partial charge in [0.05, 0.1) is 25.9 Å². The first-order chi connectivity index (χ1) is 16.7. The van der Waals surface area contributed by atoms with Crippen molar-refractivity contribution in [2.45, 2.75) is 18.9 Å². The molecule has 1 saturated heterocycles. The molecule has 0 saturated carbocycles. The van der Waals surface area contributed by atoms with Crippen molar-refractivity contribution in [1.82, 2.24) is 19.7 Å². The van der Waals surface area contributed by atoms with Gasteiger partial charge in [0.1, 0.15) is 0 Å². The van der Waals surface area contributed by atoms with E-state index in [-0.39, 0.29) is 17.8 Å². The Kier molecular flexibility index (Phi) is 5.99. The van der Waals surface area contributed by atoms with Gasteiger partial charge in [-0.15, -0.1) is 5.10 Å². The molecule has 2 heterocycles. The molecule has 1 atom stereocenters. The molecule has 1 aliphatic rings. The number of carbonyl (C=O) groups excluding carboxylic acids is 1. The van der Waals surface area contributed by atoms with Gasteiger partial charge in [0.15, 0.2) is 17.3 Å². The molecule has 5 rings (SSSR count). The Balaban J connectivity index is 1.51. The quantitative estimate of drug-likeness (QED) is 0.413. The molecule has 0 aliphatic carbocycles. The van der Waals surface area contributed by atoms with Gasteiger partial charge in [0.2, 0.25) is 5.82 Å². The van der Waals surface area contributed by atoms with Crippen molar-refractivity contribution in [3.8, 4) is 28.6 Å². The summed E-state index contributed by atoms with van der Waals surface area (Å²) in [6, 6.07) is 25.3. The fourth-order valence-electron chi connectivity index (χ4n) is 4.47. The standard InChI is InChI=1S/C27H26N4O3/c1-33-23-16-15-20(18-24(23)34-2)22-14-9-17-30(22)27(32)25-28-26(19-10-5-3-6-11-19)31(29-25)21-12-7-4-8-13-21/h3-8,10-13,15-16,18,22H,9,14,17H2,1-2H3. The smallest absolute Gasteiger partial charge is 0.294 e. The van der Waals surface area contributed by atoms with Crippen LogP contribution in [-0.4, -0.2) is 46.3 Å². The lowest BCUT2D eigenvalue weighted by Gasteiger charge is -2.24. The van der Waals surface area contributed by atoms with Gasteiger partial charge in [-0.3, -0.25) is 4.79 Å². The Bertz CT molecular complexity index is 1230. The number of amides is 1. The first-order valence-corrected chi connectivity index (χ1v) is 11.3. The van der Waals surface area contributed by atoms with E-state index in [4.69, 9.17) is 14.5 Å². The Morgan fingerprint density at radius 3 is 2.32 bits per heavy atom. The second-order valence-electron chi connectivity index (χ2n) is 8.14. The van der Waals surface area contributed by atoms with E-state index in [2.05, 4.69) is 5.10 Å². The number of methoxy groups -OCH3 is 2. The van der Waals surface area contributed by atoms with E-state index in [0.717, 1.165) is 29.7 Å². The molecule has 34 heavy (non-hydrogen) atoms. The Labute approximate surface area is 198 Å². The summed E-state index contributed by atoms with van der Waals surface area (Å²) >= 11 is 0. The van der Waals surface area contributed by atoms with Crippen LogP contribution in [0.4, 0.5) is 0 Å². The number of carbonyl (C=O) groups is 1. The van der Waals surface area contributed by atoms with Crippen LogP contribution in [0.5, 0.6) is 11.5 Å². The maximum atomic E-state index is 13.7. The highest BCUT2D eigenvalue weighted by molar-refractivity contribution is 5.91. The molecule has 172 valence electrons. The topological polar surface area (TPSA) is 69.5 Å². The lowest BCUT2D eigenvalue weighted by molar-refractivity contribution is 0.0723. The van der Waals surface area contributed by atoms with Crippen molar-refractivity contribution < 1.29 is 14.3 Å². The SMILES string of the molecule is COc1ccc(C2CCCN2C(=O)c2nc(-c3ccccc3)n(-c3ccccc3)n2)cc1OC. The van der Waals surface area contributed by atoms with Crippen LogP contribution in [0.1, 0.15) is 35.1 Å². The van der Waals surface area contributed by atoms with E-state index >= 15 is 0 Å². The van der Waals surface area contributed by atoms with E-state index in [1.165, 1.54) is 0 Å². The number of ether oxygens (including phenoxy) is 2. The molecular formula is C27H26N4O3. The molecule has 1 aromatic heterocycles. The Hall–Kier alpha value is -4.13. The van der Waals surface area contributed by atoms with E-state index in [1.54, 1.807) is 18.9 Å². The zero-order valence-electron chi connectivity index (χ0n) is 19.2. The van der Waals surface area contributed by atoms with E-state index in [9.17, 15) is 4.79 Å². The number of hydrogen-bond donors (Lipinski definition) is 0. The summed E-state index contributed by atoms with van der Waals surface area (Å²) in [6.45, 7) is 0.651. The first-order valence-electron chi connectivity index (χ1n) is 11.3. The number of likely N-dealkylation sites (tertiary alicyclic amines) is 1. The lowest BCUT2D eigenvalue weighted by Crippen LogP contribution is -2.31. The van der Waals surface area contributed by atoms with Gasteiger partial charge in [-0.1, -0.05) is 54.6 Å². The first kappa shape index (κ1) is 21.7. The molecule has 1 amide bonds. The highest BCUT2D eigenvalue weighted by Gasteiger charge is 2.33. The predicted molar refractivity (Wildman–Crippen MR) is 129 cm³/mol. The van der Waals surface area contributed by atoms with Crippen molar-refractivity contribution in [3.05, 3.63) is 90.3 Å². The van der Waals surface area contributed by atoms with Gasteiger partial charge in [-0.2, -0.15) is 0 Å². The molecule has 4 aromatic rings.